The molecule has 1 aromatic carbocycles. The lowest BCUT2D eigenvalue weighted by atomic mass is 10.2. The maximum Gasteiger partial charge on any atom is 0.154 e. The minimum atomic E-state index is -0.185. The molecule has 0 aliphatic rings. The van der Waals surface area contributed by atoms with E-state index < -0.39 is 0 Å². The summed E-state index contributed by atoms with van der Waals surface area (Å²) in [4.78, 5) is 4.93. The first kappa shape index (κ1) is 12.5. The predicted molar refractivity (Wildman–Crippen MR) is 70.1 cm³/mol. The first-order chi connectivity index (χ1) is 8.19. The van der Waals surface area contributed by atoms with Crippen LogP contribution in [0.2, 0.25) is 0 Å². The molecule has 17 heavy (non-hydrogen) atoms. The van der Waals surface area contributed by atoms with E-state index in [1.54, 1.807) is 17.4 Å². The summed E-state index contributed by atoms with van der Waals surface area (Å²) in [7, 11) is 1.85. The van der Waals surface area contributed by atoms with Crippen molar-refractivity contribution in [3.63, 3.8) is 0 Å². The minimum Gasteiger partial charge on any atom is -0.316 e. The molecule has 0 spiro atoms. The van der Waals surface area contributed by atoms with Crippen LogP contribution < -0.4 is 5.32 Å². The molecule has 2 aromatic rings. The second-order valence-corrected chi connectivity index (χ2v) is 5.80. The second kappa shape index (κ2) is 5.62. The van der Waals surface area contributed by atoms with Gasteiger partial charge in [-0.1, -0.05) is 17.8 Å². The normalized spacial score (nSPS) is 10.8. The molecule has 0 aliphatic carbocycles. The first-order valence-electron chi connectivity index (χ1n) is 5.22. The molecule has 0 bridgehead atoms. The van der Waals surface area contributed by atoms with Crippen molar-refractivity contribution in [3.8, 4) is 0 Å². The number of rotatable bonds is 4. The molecular formula is C12H13FN2S2. The topological polar surface area (TPSA) is 24.9 Å². The quantitative estimate of drug-likeness (QED) is 0.919. The van der Waals surface area contributed by atoms with Crippen LogP contribution in [0.15, 0.2) is 32.8 Å². The highest BCUT2D eigenvalue weighted by Gasteiger charge is 2.07. The number of aryl methyl sites for hydroxylation is 1. The summed E-state index contributed by atoms with van der Waals surface area (Å²) < 4.78 is 14.7. The summed E-state index contributed by atoms with van der Waals surface area (Å²) in [5.41, 5.74) is 1.93. The van der Waals surface area contributed by atoms with Crippen LogP contribution in [0.25, 0.3) is 0 Å². The van der Waals surface area contributed by atoms with Crippen LogP contribution >= 0.6 is 23.1 Å². The molecule has 5 heteroatoms. The molecule has 90 valence electrons. The van der Waals surface area contributed by atoms with Gasteiger partial charge in [0.1, 0.15) is 5.82 Å². The summed E-state index contributed by atoms with van der Waals surface area (Å²) in [5.74, 6) is -0.185. The van der Waals surface area contributed by atoms with Crippen LogP contribution in [0.3, 0.4) is 0 Å². The van der Waals surface area contributed by atoms with Crippen molar-refractivity contribution in [2.45, 2.75) is 22.7 Å². The van der Waals surface area contributed by atoms with Crippen molar-refractivity contribution in [2.75, 3.05) is 7.05 Å². The maximum atomic E-state index is 13.8. The van der Waals surface area contributed by atoms with Gasteiger partial charge in [-0.15, -0.1) is 11.3 Å². The van der Waals surface area contributed by atoms with Crippen molar-refractivity contribution in [1.29, 1.82) is 0 Å². The Morgan fingerprint density at radius 2 is 2.29 bits per heavy atom. The Hall–Kier alpha value is -0.910. The molecule has 0 radical (unpaired) electrons. The number of thiazole rings is 1. The van der Waals surface area contributed by atoms with E-state index >= 15 is 0 Å². The Bertz CT molecular complexity index is 511. The van der Waals surface area contributed by atoms with Gasteiger partial charge >= 0.3 is 0 Å². The largest absolute Gasteiger partial charge is 0.316 e. The van der Waals surface area contributed by atoms with E-state index in [4.69, 9.17) is 0 Å². The maximum absolute atomic E-state index is 13.8. The third-order valence-electron chi connectivity index (χ3n) is 2.17. The lowest BCUT2D eigenvalue weighted by Crippen LogP contribution is -2.05. The molecule has 2 rings (SSSR count). The lowest BCUT2D eigenvalue weighted by Gasteiger charge is -2.04. The van der Waals surface area contributed by atoms with Crippen molar-refractivity contribution in [2.24, 2.45) is 0 Å². The monoisotopic (exact) mass is 268 g/mol. The smallest absolute Gasteiger partial charge is 0.154 e. The molecule has 0 saturated carbocycles. The third kappa shape index (κ3) is 3.28. The number of benzene rings is 1. The lowest BCUT2D eigenvalue weighted by molar-refractivity contribution is 0.598. The van der Waals surface area contributed by atoms with Gasteiger partial charge < -0.3 is 5.32 Å². The van der Waals surface area contributed by atoms with Gasteiger partial charge in [0.05, 0.1) is 4.90 Å². The summed E-state index contributed by atoms with van der Waals surface area (Å²) in [6, 6.07) is 5.31. The molecule has 0 unspecified atom stereocenters. The van der Waals surface area contributed by atoms with E-state index in [0.29, 0.717) is 11.4 Å². The molecule has 0 aliphatic heterocycles. The summed E-state index contributed by atoms with van der Waals surface area (Å²) >= 11 is 2.91. The minimum absolute atomic E-state index is 0.185. The average Bonchev–Trinajstić information content (AvgIpc) is 2.69. The Morgan fingerprint density at radius 1 is 1.47 bits per heavy atom. The average molecular weight is 268 g/mol. The molecule has 1 heterocycles. The van der Waals surface area contributed by atoms with Gasteiger partial charge in [0.2, 0.25) is 0 Å². The molecule has 0 atom stereocenters. The molecule has 0 saturated heterocycles. The van der Waals surface area contributed by atoms with Crippen molar-refractivity contribution < 1.29 is 4.39 Å². The van der Waals surface area contributed by atoms with Crippen LogP contribution in [0.4, 0.5) is 4.39 Å². The second-order valence-electron chi connectivity index (χ2n) is 3.65. The van der Waals surface area contributed by atoms with E-state index in [-0.39, 0.29) is 5.82 Å². The van der Waals surface area contributed by atoms with E-state index in [0.717, 1.165) is 15.6 Å². The van der Waals surface area contributed by atoms with Gasteiger partial charge in [0, 0.05) is 17.6 Å². The summed E-state index contributed by atoms with van der Waals surface area (Å²) in [6.07, 6.45) is 0. The van der Waals surface area contributed by atoms with Gasteiger partial charge in [-0.3, -0.25) is 0 Å². The van der Waals surface area contributed by atoms with Crippen LogP contribution in [-0.4, -0.2) is 12.0 Å². The fourth-order valence-corrected chi connectivity index (χ4v) is 3.21. The number of hydrogen-bond acceptors (Lipinski definition) is 4. The highest BCUT2D eigenvalue weighted by molar-refractivity contribution is 8.01. The van der Waals surface area contributed by atoms with Gasteiger partial charge in [-0.25, -0.2) is 9.37 Å². The van der Waals surface area contributed by atoms with E-state index in [9.17, 15) is 4.39 Å². The van der Waals surface area contributed by atoms with Crippen LogP contribution in [0.5, 0.6) is 0 Å². The zero-order chi connectivity index (χ0) is 12.3. The van der Waals surface area contributed by atoms with Crippen molar-refractivity contribution in [3.05, 3.63) is 40.7 Å². The van der Waals surface area contributed by atoms with Crippen molar-refractivity contribution in [1.82, 2.24) is 10.3 Å². The Balaban J connectivity index is 2.16. The Kier molecular flexibility index (Phi) is 4.15. The molecular weight excluding hydrogens is 255 g/mol. The molecule has 1 aromatic heterocycles. The predicted octanol–water partition coefficient (Wildman–Crippen LogP) is 3.46. The van der Waals surface area contributed by atoms with E-state index in [1.807, 2.05) is 31.5 Å². The molecule has 0 fully saturated rings. The molecule has 1 N–H and O–H groups in total. The highest BCUT2D eigenvalue weighted by atomic mass is 32.2. The van der Waals surface area contributed by atoms with Gasteiger partial charge in [-0.2, -0.15) is 0 Å². The number of hydrogen-bond donors (Lipinski definition) is 1. The number of nitrogens with one attached hydrogen (secondary N) is 1. The SMILES string of the molecule is CNCc1ccc(Sc2nc(C)cs2)c(F)c1. The highest BCUT2D eigenvalue weighted by Crippen LogP contribution is 2.32. The fourth-order valence-electron chi connectivity index (χ4n) is 1.41. The van der Waals surface area contributed by atoms with Crippen LogP contribution in [0, 0.1) is 12.7 Å². The van der Waals surface area contributed by atoms with Crippen molar-refractivity contribution >= 4 is 23.1 Å². The number of halogens is 1. The summed E-state index contributed by atoms with van der Waals surface area (Å²) in [5, 5.41) is 4.97. The first-order valence-corrected chi connectivity index (χ1v) is 6.91. The third-order valence-corrected chi connectivity index (χ3v) is 4.28. The van der Waals surface area contributed by atoms with Gasteiger partial charge in [0.25, 0.3) is 0 Å². The number of aromatic nitrogens is 1. The van der Waals surface area contributed by atoms with Gasteiger partial charge in [-0.05, 0) is 31.7 Å². The zero-order valence-electron chi connectivity index (χ0n) is 9.66. The van der Waals surface area contributed by atoms with Crippen LogP contribution in [-0.2, 0) is 6.54 Å². The fraction of sp³-hybridized carbons (Fsp3) is 0.250. The molecule has 0 amide bonds. The van der Waals surface area contributed by atoms with E-state index in [2.05, 4.69) is 10.3 Å². The Morgan fingerprint density at radius 3 is 2.88 bits per heavy atom. The number of nitrogens with zero attached hydrogens (tertiary/aromatic N) is 1. The zero-order valence-corrected chi connectivity index (χ0v) is 11.3. The van der Waals surface area contributed by atoms with Crippen LogP contribution in [0.1, 0.15) is 11.3 Å². The molecule has 2 nitrogen and oxygen atoms in total. The standard InChI is InChI=1S/C12H13FN2S2/c1-8-7-16-12(15-8)17-11-4-3-9(6-14-2)5-10(11)13/h3-5,7,14H,6H2,1-2H3. The Labute approximate surface area is 108 Å². The summed E-state index contributed by atoms with van der Waals surface area (Å²) in [6.45, 7) is 2.62. The van der Waals surface area contributed by atoms with E-state index in [1.165, 1.54) is 11.8 Å². The van der Waals surface area contributed by atoms with Gasteiger partial charge in [0.15, 0.2) is 4.34 Å².